The van der Waals surface area contributed by atoms with Crippen LogP contribution in [-0.2, 0) is 25.7 Å². The largest absolute Gasteiger partial charge is 0.493 e. The molecule has 0 saturated heterocycles. The SMILES string of the molecule is COc1ccc2cc1Oc1ccc(cc1)C[C@@H]1NCCc3cc(OC)c4c(c31)Oc1cc3c(cc1O4)CCN(C)[C@@H]3C2. The molecule has 0 spiro atoms. The number of nitrogens with zero attached hydrogens (tertiary/aromatic N) is 1. The number of rotatable bonds is 2. The maximum absolute atomic E-state index is 6.84. The first-order chi connectivity index (χ1) is 20.6. The lowest BCUT2D eigenvalue weighted by atomic mass is 9.87. The molecule has 0 aliphatic carbocycles. The maximum atomic E-state index is 6.84. The van der Waals surface area contributed by atoms with Gasteiger partial charge in [0.2, 0.25) is 5.75 Å². The molecule has 214 valence electrons. The number of methoxy groups -OCH3 is 2. The van der Waals surface area contributed by atoms with Crippen molar-refractivity contribution >= 4 is 0 Å². The second-order valence-electron chi connectivity index (χ2n) is 11.7. The van der Waals surface area contributed by atoms with Gasteiger partial charge in [-0.1, -0.05) is 18.2 Å². The van der Waals surface area contributed by atoms with Gasteiger partial charge in [-0.3, -0.25) is 4.90 Å². The van der Waals surface area contributed by atoms with Crippen LogP contribution in [0.2, 0.25) is 0 Å². The molecule has 5 heterocycles. The minimum atomic E-state index is 0.0671. The van der Waals surface area contributed by atoms with E-state index in [1.54, 1.807) is 14.2 Å². The Morgan fingerprint density at radius 1 is 0.738 bits per heavy atom. The molecule has 0 unspecified atom stereocenters. The smallest absolute Gasteiger partial charge is 0.212 e. The van der Waals surface area contributed by atoms with Gasteiger partial charge in [-0.05, 0) is 110 Å². The average molecular weight is 563 g/mol. The standard InChI is InChI=1S/C35H34N2O5/c1-37-13-11-22-17-30-31-19-25(22)27(37)15-21-6-9-28(38-2)29(16-21)40-24-7-4-20(5-8-24)14-26-33-23(10-12-36-26)18-32(39-3)34(41-30)35(33)42-31/h4-9,16-19,26-27,36H,10-15H2,1-3H3/t26-,27+/m0/s1. The highest BCUT2D eigenvalue weighted by Gasteiger charge is 2.35. The van der Waals surface area contributed by atoms with Crippen LogP contribution < -0.4 is 29.0 Å². The van der Waals surface area contributed by atoms with Crippen molar-refractivity contribution in [2.75, 3.05) is 34.4 Å². The van der Waals surface area contributed by atoms with Gasteiger partial charge in [0, 0.05) is 24.2 Å². The number of hydrogen-bond acceptors (Lipinski definition) is 7. The Hall–Kier alpha value is -4.20. The zero-order chi connectivity index (χ0) is 28.4. The molecule has 0 radical (unpaired) electrons. The Bertz CT molecular complexity index is 1700. The molecule has 0 saturated carbocycles. The lowest BCUT2D eigenvalue weighted by Gasteiger charge is -2.37. The van der Waals surface area contributed by atoms with E-state index in [4.69, 9.17) is 23.7 Å². The number of likely N-dealkylation sites (N-methyl/N-ethyl adjacent to an activating group) is 1. The summed E-state index contributed by atoms with van der Waals surface area (Å²) in [7, 11) is 5.58. The third-order valence-corrected chi connectivity index (χ3v) is 9.18. The van der Waals surface area contributed by atoms with Crippen LogP contribution in [0.3, 0.4) is 0 Å². The molecule has 0 amide bonds. The Labute approximate surface area is 245 Å². The van der Waals surface area contributed by atoms with Gasteiger partial charge in [-0.25, -0.2) is 0 Å². The third kappa shape index (κ3) is 4.18. The average Bonchev–Trinajstić information content (AvgIpc) is 3.01. The summed E-state index contributed by atoms with van der Waals surface area (Å²) >= 11 is 0. The van der Waals surface area contributed by atoms with Crippen molar-refractivity contribution in [3.63, 3.8) is 0 Å². The van der Waals surface area contributed by atoms with Crippen molar-refractivity contribution in [1.82, 2.24) is 10.2 Å². The highest BCUT2D eigenvalue weighted by Crippen LogP contribution is 2.56. The van der Waals surface area contributed by atoms with Crippen LogP contribution in [0.25, 0.3) is 0 Å². The molecule has 4 aromatic rings. The van der Waals surface area contributed by atoms with E-state index >= 15 is 0 Å². The Balaban J connectivity index is 1.32. The van der Waals surface area contributed by atoms with Crippen molar-refractivity contribution in [3.05, 3.63) is 94.0 Å². The molecule has 7 bridgehead atoms. The number of ether oxygens (including phenoxy) is 5. The summed E-state index contributed by atoms with van der Waals surface area (Å²) in [5.41, 5.74) is 7.33. The zero-order valence-electron chi connectivity index (χ0n) is 24.2. The predicted octanol–water partition coefficient (Wildman–Crippen LogP) is 6.91. The maximum Gasteiger partial charge on any atom is 0.212 e. The summed E-state index contributed by atoms with van der Waals surface area (Å²) in [4.78, 5) is 2.43. The van der Waals surface area contributed by atoms with Gasteiger partial charge in [0.05, 0.1) is 14.2 Å². The van der Waals surface area contributed by atoms with Gasteiger partial charge in [-0.15, -0.1) is 0 Å². The van der Waals surface area contributed by atoms with Gasteiger partial charge < -0.3 is 29.0 Å². The van der Waals surface area contributed by atoms with Crippen LogP contribution in [0.15, 0.2) is 60.7 Å². The highest BCUT2D eigenvalue weighted by atomic mass is 16.6. The predicted molar refractivity (Wildman–Crippen MR) is 160 cm³/mol. The van der Waals surface area contributed by atoms with E-state index in [0.29, 0.717) is 11.5 Å². The molecule has 0 fully saturated rings. The van der Waals surface area contributed by atoms with Gasteiger partial charge in [0.15, 0.2) is 34.5 Å². The van der Waals surface area contributed by atoms with Crippen molar-refractivity contribution in [2.24, 2.45) is 0 Å². The summed E-state index contributed by atoms with van der Waals surface area (Å²) in [6, 6.07) is 21.3. The number of hydrogen-bond donors (Lipinski definition) is 1. The minimum Gasteiger partial charge on any atom is -0.493 e. The van der Waals surface area contributed by atoms with Crippen LogP contribution in [-0.4, -0.2) is 39.3 Å². The first-order valence-electron chi connectivity index (χ1n) is 14.7. The van der Waals surface area contributed by atoms with E-state index in [-0.39, 0.29) is 12.1 Å². The van der Waals surface area contributed by atoms with Crippen LogP contribution in [0.4, 0.5) is 0 Å². The molecule has 42 heavy (non-hydrogen) atoms. The summed E-state index contributed by atoms with van der Waals surface area (Å²) in [6.45, 7) is 1.85. The Kier molecular flexibility index (Phi) is 6.05. The van der Waals surface area contributed by atoms with Gasteiger partial charge in [0.1, 0.15) is 5.75 Å². The van der Waals surface area contributed by atoms with E-state index in [1.165, 1.54) is 27.8 Å². The molecule has 7 heteroatoms. The fraction of sp³-hybridized carbons (Fsp3) is 0.314. The van der Waals surface area contributed by atoms with Crippen molar-refractivity contribution in [2.45, 2.75) is 37.8 Å². The molecular weight excluding hydrogens is 528 g/mol. The minimum absolute atomic E-state index is 0.0671. The monoisotopic (exact) mass is 562 g/mol. The fourth-order valence-corrected chi connectivity index (χ4v) is 6.96. The summed E-state index contributed by atoms with van der Waals surface area (Å²) in [5.74, 6) is 5.85. The molecule has 9 rings (SSSR count). The first kappa shape index (κ1) is 25.5. The molecule has 2 atom stereocenters. The van der Waals surface area contributed by atoms with Crippen LogP contribution >= 0.6 is 0 Å². The number of fused-ring (bicyclic) bond motifs is 2. The van der Waals surface area contributed by atoms with Crippen molar-refractivity contribution in [1.29, 1.82) is 0 Å². The van der Waals surface area contributed by atoms with Crippen LogP contribution in [0.5, 0.6) is 46.0 Å². The van der Waals surface area contributed by atoms with Crippen molar-refractivity contribution < 1.29 is 23.7 Å². The quantitative estimate of drug-likeness (QED) is 0.251. The topological polar surface area (TPSA) is 61.4 Å². The number of benzene rings is 4. The highest BCUT2D eigenvalue weighted by molar-refractivity contribution is 5.67. The fourth-order valence-electron chi connectivity index (χ4n) is 6.96. The molecule has 5 aliphatic heterocycles. The van der Waals surface area contributed by atoms with Gasteiger partial charge in [-0.2, -0.15) is 0 Å². The summed E-state index contributed by atoms with van der Waals surface area (Å²) in [6.07, 6.45) is 3.48. The van der Waals surface area contributed by atoms with E-state index in [0.717, 1.165) is 78.8 Å². The molecule has 1 N–H and O–H groups in total. The third-order valence-electron chi connectivity index (χ3n) is 9.18. The van der Waals surface area contributed by atoms with E-state index in [2.05, 4.69) is 59.7 Å². The Morgan fingerprint density at radius 2 is 1.52 bits per heavy atom. The number of nitrogens with one attached hydrogen (secondary N) is 1. The van der Waals surface area contributed by atoms with Gasteiger partial charge >= 0.3 is 0 Å². The molecular formula is C35H34N2O5. The van der Waals surface area contributed by atoms with Crippen LogP contribution in [0, 0.1) is 0 Å². The summed E-state index contributed by atoms with van der Waals surface area (Å²) < 4.78 is 31.4. The zero-order valence-corrected chi connectivity index (χ0v) is 24.2. The second-order valence-corrected chi connectivity index (χ2v) is 11.7. The molecule has 0 aromatic heterocycles. The Morgan fingerprint density at radius 3 is 2.36 bits per heavy atom. The van der Waals surface area contributed by atoms with Gasteiger partial charge in [0.25, 0.3) is 0 Å². The van der Waals surface area contributed by atoms with E-state index in [9.17, 15) is 0 Å². The lowest BCUT2D eigenvalue weighted by molar-refractivity contribution is 0.227. The van der Waals surface area contributed by atoms with Crippen LogP contribution in [0.1, 0.15) is 45.5 Å². The first-order valence-corrected chi connectivity index (χ1v) is 14.7. The van der Waals surface area contributed by atoms with E-state index in [1.807, 2.05) is 18.2 Å². The molecule has 4 aromatic carbocycles. The summed E-state index contributed by atoms with van der Waals surface area (Å²) in [5, 5.41) is 3.74. The molecule has 5 aliphatic rings. The second kappa shape index (κ2) is 9.96. The normalized spacial score (nSPS) is 20.1. The van der Waals surface area contributed by atoms with E-state index < -0.39 is 0 Å². The van der Waals surface area contributed by atoms with Crippen molar-refractivity contribution in [3.8, 4) is 46.0 Å². The lowest BCUT2D eigenvalue weighted by Crippen LogP contribution is -2.33. The molecule has 7 nitrogen and oxygen atoms in total.